The van der Waals surface area contributed by atoms with Crippen molar-refractivity contribution in [2.24, 2.45) is 5.92 Å². The van der Waals surface area contributed by atoms with Gasteiger partial charge in [0.25, 0.3) is 0 Å². The van der Waals surface area contributed by atoms with Crippen LogP contribution < -0.4 is 4.74 Å². The van der Waals surface area contributed by atoms with E-state index in [0.717, 1.165) is 36.3 Å². The third-order valence-corrected chi connectivity index (χ3v) is 5.83. The van der Waals surface area contributed by atoms with Crippen LogP contribution in [-0.4, -0.2) is 30.7 Å². The highest BCUT2D eigenvalue weighted by Crippen LogP contribution is 2.43. The SMILES string of the molecule is CCC1CC(Oc2ccc(C#N)cc2F)CC1c1nnc2cnc3[nH]ccc3n12. The predicted octanol–water partition coefficient (Wildman–Crippen LogP) is 3.97. The minimum atomic E-state index is -0.506. The van der Waals surface area contributed by atoms with Gasteiger partial charge in [-0.05, 0) is 43.0 Å². The highest BCUT2D eigenvalue weighted by Gasteiger charge is 2.38. The van der Waals surface area contributed by atoms with Crippen molar-refractivity contribution in [3.05, 3.63) is 53.9 Å². The van der Waals surface area contributed by atoms with Crippen molar-refractivity contribution in [2.45, 2.75) is 38.2 Å². The number of aromatic nitrogens is 5. The first-order valence-electron chi connectivity index (χ1n) is 9.71. The molecule has 3 heterocycles. The molecule has 0 amide bonds. The summed E-state index contributed by atoms with van der Waals surface area (Å²) in [5, 5.41) is 17.7. The molecule has 4 aromatic rings. The van der Waals surface area contributed by atoms with Gasteiger partial charge in [0.15, 0.2) is 22.9 Å². The quantitative estimate of drug-likeness (QED) is 0.569. The van der Waals surface area contributed by atoms with Crippen molar-refractivity contribution in [3.8, 4) is 11.8 Å². The van der Waals surface area contributed by atoms with E-state index in [2.05, 4.69) is 31.5 Å². The van der Waals surface area contributed by atoms with Gasteiger partial charge in [-0.1, -0.05) is 13.3 Å². The second-order valence-electron chi connectivity index (χ2n) is 7.46. The minimum Gasteiger partial charge on any atom is -0.487 e. The lowest BCUT2D eigenvalue weighted by Crippen LogP contribution is -2.13. The first-order valence-corrected chi connectivity index (χ1v) is 9.71. The first-order chi connectivity index (χ1) is 14.2. The van der Waals surface area contributed by atoms with E-state index in [1.165, 1.54) is 12.1 Å². The summed E-state index contributed by atoms with van der Waals surface area (Å²) in [5.74, 6) is 1.09. The summed E-state index contributed by atoms with van der Waals surface area (Å²) in [6, 6.07) is 8.22. The van der Waals surface area contributed by atoms with E-state index in [-0.39, 0.29) is 23.3 Å². The maximum atomic E-state index is 14.3. The monoisotopic (exact) mass is 390 g/mol. The Morgan fingerprint density at radius 3 is 3.00 bits per heavy atom. The Labute approximate surface area is 166 Å². The summed E-state index contributed by atoms with van der Waals surface area (Å²) >= 11 is 0. The minimum absolute atomic E-state index is 0.122. The van der Waals surface area contributed by atoms with Gasteiger partial charge in [-0.15, -0.1) is 10.2 Å². The smallest absolute Gasteiger partial charge is 0.179 e. The number of nitrogens with one attached hydrogen (secondary N) is 1. The molecule has 3 unspecified atom stereocenters. The number of aromatic amines is 1. The van der Waals surface area contributed by atoms with Crippen molar-refractivity contribution >= 4 is 16.8 Å². The molecule has 8 heteroatoms. The third kappa shape index (κ3) is 2.90. The lowest BCUT2D eigenvalue weighted by Gasteiger charge is -2.15. The Kier molecular flexibility index (Phi) is 4.16. The zero-order valence-electron chi connectivity index (χ0n) is 15.8. The highest BCUT2D eigenvalue weighted by molar-refractivity contribution is 5.74. The molecule has 1 saturated carbocycles. The number of hydrogen-bond acceptors (Lipinski definition) is 5. The molecule has 1 aromatic carbocycles. The number of halogens is 1. The zero-order valence-corrected chi connectivity index (χ0v) is 15.8. The van der Waals surface area contributed by atoms with Gasteiger partial charge in [0.05, 0.1) is 29.5 Å². The van der Waals surface area contributed by atoms with Crippen LogP contribution >= 0.6 is 0 Å². The van der Waals surface area contributed by atoms with E-state index in [1.54, 1.807) is 12.3 Å². The standard InChI is InChI=1S/C21H19FN6O/c1-2-13-8-14(29-18-4-3-12(10-23)7-16(18)22)9-15(13)21-27-26-19-11-25-20-17(28(19)21)5-6-24-20/h3-7,11,13-15,24H,2,8-9H2,1H3. The maximum absolute atomic E-state index is 14.3. The largest absolute Gasteiger partial charge is 0.487 e. The highest BCUT2D eigenvalue weighted by atomic mass is 19.1. The van der Waals surface area contributed by atoms with Crippen molar-refractivity contribution in [2.75, 3.05) is 0 Å². The van der Waals surface area contributed by atoms with E-state index < -0.39 is 5.82 Å². The number of H-pyrrole nitrogens is 1. The molecule has 5 rings (SSSR count). The summed E-state index contributed by atoms with van der Waals surface area (Å²) in [4.78, 5) is 7.50. The molecule has 0 spiro atoms. The van der Waals surface area contributed by atoms with Gasteiger partial charge < -0.3 is 9.72 Å². The predicted molar refractivity (Wildman–Crippen MR) is 104 cm³/mol. The van der Waals surface area contributed by atoms with Crippen LogP contribution in [0.25, 0.3) is 16.8 Å². The molecule has 29 heavy (non-hydrogen) atoms. The number of fused-ring (bicyclic) bond motifs is 3. The molecule has 0 aliphatic heterocycles. The lowest BCUT2D eigenvalue weighted by molar-refractivity contribution is 0.194. The summed E-state index contributed by atoms with van der Waals surface area (Å²) < 4.78 is 22.3. The number of nitrogens with zero attached hydrogens (tertiary/aromatic N) is 5. The van der Waals surface area contributed by atoms with Gasteiger partial charge in [-0.3, -0.25) is 4.40 Å². The second kappa shape index (κ2) is 6.85. The van der Waals surface area contributed by atoms with Crippen LogP contribution in [0.2, 0.25) is 0 Å². The first kappa shape index (κ1) is 17.6. The van der Waals surface area contributed by atoms with Gasteiger partial charge in [0.1, 0.15) is 5.82 Å². The Hall–Kier alpha value is -3.47. The molecule has 1 N–H and O–H groups in total. The molecule has 1 fully saturated rings. The average Bonchev–Trinajstić information content (AvgIpc) is 3.45. The molecule has 0 radical (unpaired) electrons. The molecule has 1 aliphatic carbocycles. The van der Waals surface area contributed by atoms with Gasteiger partial charge >= 0.3 is 0 Å². The van der Waals surface area contributed by atoms with Crippen LogP contribution in [-0.2, 0) is 0 Å². The topological polar surface area (TPSA) is 91.9 Å². The Morgan fingerprint density at radius 1 is 1.31 bits per heavy atom. The maximum Gasteiger partial charge on any atom is 0.179 e. The van der Waals surface area contributed by atoms with Crippen LogP contribution in [0.15, 0.2) is 36.7 Å². The molecule has 3 atom stereocenters. The number of nitriles is 1. The van der Waals surface area contributed by atoms with E-state index in [0.29, 0.717) is 11.6 Å². The van der Waals surface area contributed by atoms with Crippen LogP contribution in [0.4, 0.5) is 4.39 Å². The van der Waals surface area contributed by atoms with Gasteiger partial charge in [0.2, 0.25) is 0 Å². The molecule has 146 valence electrons. The van der Waals surface area contributed by atoms with E-state index in [1.807, 2.05) is 18.3 Å². The molecular weight excluding hydrogens is 371 g/mol. The summed E-state index contributed by atoms with van der Waals surface area (Å²) in [5.41, 5.74) is 2.73. The van der Waals surface area contributed by atoms with Crippen molar-refractivity contribution in [3.63, 3.8) is 0 Å². The fraction of sp³-hybridized carbons (Fsp3) is 0.333. The molecular formula is C21H19FN6O. The third-order valence-electron chi connectivity index (χ3n) is 5.83. The van der Waals surface area contributed by atoms with E-state index in [9.17, 15) is 4.39 Å². The lowest BCUT2D eigenvalue weighted by atomic mass is 9.93. The normalized spacial score (nSPS) is 21.6. The van der Waals surface area contributed by atoms with Crippen LogP contribution in [0, 0.1) is 23.1 Å². The Morgan fingerprint density at radius 2 is 2.21 bits per heavy atom. The number of rotatable bonds is 4. The summed E-state index contributed by atoms with van der Waals surface area (Å²) in [6.45, 7) is 2.15. The van der Waals surface area contributed by atoms with Gasteiger partial charge in [-0.25, -0.2) is 9.37 Å². The molecule has 7 nitrogen and oxygen atoms in total. The molecule has 0 bridgehead atoms. The number of hydrogen-bond donors (Lipinski definition) is 1. The molecule has 3 aromatic heterocycles. The second-order valence-corrected chi connectivity index (χ2v) is 7.46. The van der Waals surface area contributed by atoms with Crippen molar-refractivity contribution in [1.82, 2.24) is 24.6 Å². The molecule has 0 saturated heterocycles. The summed E-state index contributed by atoms with van der Waals surface area (Å²) in [7, 11) is 0. The van der Waals surface area contributed by atoms with Crippen LogP contribution in [0.3, 0.4) is 0 Å². The van der Waals surface area contributed by atoms with Crippen LogP contribution in [0.1, 0.15) is 43.5 Å². The van der Waals surface area contributed by atoms with Crippen LogP contribution in [0.5, 0.6) is 5.75 Å². The summed E-state index contributed by atoms with van der Waals surface area (Å²) in [6.07, 6.45) is 5.96. The Bertz CT molecular complexity index is 1240. The van der Waals surface area contributed by atoms with Crippen molar-refractivity contribution in [1.29, 1.82) is 5.26 Å². The fourth-order valence-electron chi connectivity index (χ4n) is 4.42. The van der Waals surface area contributed by atoms with Gasteiger partial charge in [-0.2, -0.15) is 5.26 Å². The Balaban J connectivity index is 1.47. The van der Waals surface area contributed by atoms with Gasteiger partial charge in [0, 0.05) is 12.1 Å². The van der Waals surface area contributed by atoms with E-state index >= 15 is 0 Å². The van der Waals surface area contributed by atoms with Crippen molar-refractivity contribution < 1.29 is 9.13 Å². The average molecular weight is 390 g/mol. The fourth-order valence-corrected chi connectivity index (χ4v) is 4.42. The zero-order chi connectivity index (χ0) is 20.0. The number of ether oxygens (including phenoxy) is 1. The van der Waals surface area contributed by atoms with E-state index in [4.69, 9.17) is 10.00 Å². The molecule has 1 aliphatic rings. The number of benzene rings is 1.